The topological polar surface area (TPSA) is 66.5 Å². The molecule has 5 nitrogen and oxygen atoms in total. The van der Waals surface area contributed by atoms with Crippen molar-refractivity contribution in [1.29, 1.82) is 0 Å². The summed E-state index contributed by atoms with van der Waals surface area (Å²) in [5.41, 5.74) is 0.550. The van der Waals surface area contributed by atoms with E-state index in [1.165, 1.54) is 12.1 Å². The van der Waals surface area contributed by atoms with E-state index in [-0.39, 0.29) is 18.0 Å². The molecule has 112 valence electrons. The molecule has 0 fully saturated rings. The summed E-state index contributed by atoms with van der Waals surface area (Å²) in [4.78, 5) is 37.0. The van der Waals surface area contributed by atoms with Gasteiger partial charge in [-0.25, -0.2) is 0 Å². The molecule has 6 heteroatoms. The number of hydrogen-bond donors (Lipinski definition) is 1. The molecule has 0 saturated heterocycles. The van der Waals surface area contributed by atoms with Gasteiger partial charge in [-0.15, -0.1) is 0 Å². The Kier molecular flexibility index (Phi) is 4.96. The van der Waals surface area contributed by atoms with Gasteiger partial charge in [0.05, 0.1) is 11.1 Å². The molecular formula is C15H17ClN2O3. The molecule has 21 heavy (non-hydrogen) atoms. The Morgan fingerprint density at radius 1 is 1.19 bits per heavy atom. The number of nitrogens with zero attached hydrogens (tertiary/aromatic N) is 1. The highest BCUT2D eigenvalue weighted by Crippen LogP contribution is 2.25. The Bertz CT molecular complexity index is 586. The summed E-state index contributed by atoms with van der Waals surface area (Å²) in [7, 11) is 0. The SMILES string of the molecule is CCCCCNC(=O)CN1C(=O)c2ccc(Cl)cc2C1=O. The number of rotatable bonds is 6. The third kappa shape index (κ3) is 3.42. The van der Waals surface area contributed by atoms with Crippen LogP contribution in [0.15, 0.2) is 18.2 Å². The van der Waals surface area contributed by atoms with Crippen molar-refractivity contribution in [3.05, 3.63) is 34.3 Å². The maximum atomic E-state index is 12.1. The second-order valence-electron chi connectivity index (χ2n) is 4.94. The van der Waals surface area contributed by atoms with Crippen molar-refractivity contribution in [2.45, 2.75) is 26.2 Å². The molecular weight excluding hydrogens is 292 g/mol. The maximum absolute atomic E-state index is 12.1. The lowest BCUT2D eigenvalue weighted by Crippen LogP contribution is -2.40. The first kappa shape index (κ1) is 15.5. The van der Waals surface area contributed by atoms with Gasteiger partial charge in [-0.3, -0.25) is 19.3 Å². The van der Waals surface area contributed by atoms with E-state index in [0.29, 0.717) is 17.1 Å². The van der Waals surface area contributed by atoms with Crippen molar-refractivity contribution >= 4 is 29.3 Å². The van der Waals surface area contributed by atoms with Gasteiger partial charge in [-0.1, -0.05) is 31.4 Å². The van der Waals surface area contributed by atoms with Gasteiger partial charge < -0.3 is 5.32 Å². The number of benzene rings is 1. The van der Waals surface area contributed by atoms with Crippen LogP contribution in [0.1, 0.15) is 46.9 Å². The molecule has 1 N–H and O–H groups in total. The zero-order chi connectivity index (χ0) is 15.4. The zero-order valence-electron chi connectivity index (χ0n) is 11.8. The summed E-state index contributed by atoms with van der Waals surface area (Å²) in [5.74, 6) is -1.25. The fourth-order valence-electron chi connectivity index (χ4n) is 2.21. The quantitative estimate of drug-likeness (QED) is 0.647. The van der Waals surface area contributed by atoms with Crippen LogP contribution in [-0.2, 0) is 4.79 Å². The largest absolute Gasteiger partial charge is 0.355 e. The number of carbonyl (C=O) groups is 3. The Morgan fingerprint density at radius 2 is 1.90 bits per heavy atom. The van der Waals surface area contributed by atoms with Crippen LogP contribution in [0.25, 0.3) is 0 Å². The highest BCUT2D eigenvalue weighted by atomic mass is 35.5. The molecule has 1 aromatic carbocycles. The third-order valence-electron chi connectivity index (χ3n) is 3.34. The lowest BCUT2D eigenvalue weighted by atomic mass is 10.1. The fraction of sp³-hybridized carbons (Fsp3) is 0.400. The van der Waals surface area contributed by atoms with Crippen molar-refractivity contribution < 1.29 is 14.4 Å². The average molecular weight is 309 g/mol. The van der Waals surface area contributed by atoms with Gasteiger partial charge >= 0.3 is 0 Å². The molecule has 0 saturated carbocycles. The number of imide groups is 1. The summed E-state index contributed by atoms with van der Waals surface area (Å²) in [6, 6.07) is 4.52. The number of nitrogens with one attached hydrogen (secondary N) is 1. The van der Waals surface area contributed by atoms with E-state index in [2.05, 4.69) is 12.2 Å². The molecule has 1 aliphatic heterocycles. The van der Waals surface area contributed by atoms with Crippen LogP contribution in [0.4, 0.5) is 0 Å². The predicted molar refractivity (Wildman–Crippen MR) is 79.4 cm³/mol. The first-order valence-electron chi connectivity index (χ1n) is 6.97. The monoisotopic (exact) mass is 308 g/mol. The smallest absolute Gasteiger partial charge is 0.262 e. The number of fused-ring (bicyclic) bond motifs is 1. The lowest BCUT2D eigenvalue weighted by molar-refractivity contribution is -0.121. The van der Waals surface area contributed by atoms with Crippen LogP contribution in [0.3, 0.4) is 0 Å². The highest BCUT2D eigenvalue weighted by molar-refractivity contribution is 6.32. The van der Waals surface area contributed by atoms with Crippen molar-refractivity contribution in [3.8, 4) is 0 Å². The van der Waals surface area contributed by atoms with E-state index in [4.69, 9.17) is 11.6 Å². The van der Waals surface area contributed by atoms with E-state index in [1.54, 1.807) is 6.07 Å². The molecule has 0 spiro atoms. The van der Waals surface area contributed by atoms with Crippen LogP contribution in [0.5, 0.6) is 0 Å². The number of amides is 3. The first-order chi connectivity index (χ1) is 10.0. The zero-order valence-corrected chi connectivity index (χ0v) is 12.6. The Morgan fingerprint density at radius 3 is 2.62 bits per heavy atom. The molecule has 0 aromatic heterocycles. The number of unbranched alkanes of at least 4 members (excludes halogenated alkanes) is 2. The molecule has 1 aromatic rings. The summed E-state index contributed by atoms with van der Waals surface area (Å²) >= 11 is 5.83. The van der Waals surface area contributed by atoms with Gasteiger partial charge in [0.2, 0.25) is 5.91 Å². The van der Waals surface area contributed by atoms with Gasteiger partial charge in [-0.2, -0.15) is 0 Å². The number of halogens is 1. The standard InChI is InChI=1S/C15H17ClN2O3/c1-2-3-4-7-17-13(19)9-18-14(20)11-6-5-10(16)8-12(11)15(18)21/h5-6,8H,2-4,7,9H2,1H3,(H,17,19). The van der Waals surface area contributed by atoms with Gasteiger partial charge in [0.15, 0.2) is 0 Å². The predicted octanol–water partition coefficient (Wildman–Crippen LogP) is 2.24. The third-order valence-corrected chi connectivity index (χ3v) is 3.57. The van der Waals surface area contributed by atoms with Crippen LogP contribution in [0.2, 0.25) is 5.02 Å². The molecule has 0 unspecified atom stereocenters. The highest BCUT2D eigenvalue weighted by Gasteiger charge is 2.36. The molecule has 0 aliphatic carbocycles. The van der Waals surface area contributed by atoms with Gasteiger partial charge in [0.25, 0.3) is 11.8 Å². The van der Waals surface area contributed by atoms with Crippen molar-refractivity contribution in [2.24, 2.45) is 0 Å². The van der Waals surface area contributed by atoms with Crippen molar-refractivity contribution in [1.82, 2.24) is 10.2 Å². The minimum Gasteiger partial charge on any atom is -0.355 e. The molecule has 2 rings (SSSR count). The summed E-state index contributed by atoms with van der Waals surface area (Å²) < 4.78 is 0. The van der Waals surface area contributed by atoms with E-state index < -0.39 is 11.8 Å². The summed E-state index contributed by atoms with van der Waals surface area (Å²) in [6.45, 7) is 2.38. The van der Waals surface area contributed by atoms with Crippen LogP contribution < -0.4 is 5.32 Å². The minimum atomic E-state index is -0.471. The molecule has 1 aliphatic rings. The van der Waals surface area contributed by atoms with E-state index in [9.17, 15) is 14.4 Å². The maximum Gasteiger partial charge on any atom is 0.262 e. The normalized spacial score (nSPS) is 13.5. The van der Waals surface area contributed by atoms with Gasteiger partial charge in [0, 0.05) is 11.6 Å². The van der Waals surface area contributed by atoms with Crippen molar-refractivity contribution in [2.75, 3.05) is 13.1 Å². The summed E-state index contributed by atoms with van der Waals surface area (Å²) in [6.07, 6.45) is 2.99. The molecule has 1 heterocycles. The van der Waals surface area contributed by atoms with Gasteiger partial charge in [-0.05, 0) is 24.6 Å². The molecule has 0 atom stereocenters. The Hall–Kier alpha value is -1.88. The Labute approximate surface area is 128 Å². The van der Waals surface area contributed by atoms with Crippen LogP contribution in [0, 0.1) is 0 Å². The number of carbonyl (C=O) groups excluding carboxylic acids is 3. The van der Waals surface area contributed by atoms with Gasteiger partial charge in [0.1, 0.15) is 6.54 Å². The van der Waals surface area contributed by atoms with E-state index in [1.807, 2.05) is 0 Å². The lowest BCUT2D eigenvalue weighted by Gasteiger charge is -2.13. The van der Waals surface area contributed by atoms with Crippen LogP contribution >= 0.6 is 11.6 Å². The number of hydrogen-bond acceptors (Lipinski definition) is 3. The fourth-order valence-corrected chi connectivity index (χ4v) is 2.38. The minimum absolute atomic E-state index is 0.254. The molecule has 0 radical (unpaired) electrons. The molecule has 0 bridgehead atoms. The Balaban J connectivity index is 1.98. The van der Waals surface area contributed by atoms with E-state index in [0.717, 1.165) is 24.2 Å². The second kappa shape index (κ2) is 6.72. The van der Waals surface area contributed by atoms with Crippen LogP contribution in [-0.4, -0.2) is 35.7 Å². The van der Waals surface area contributed by atoms with E-state index >= 15 is 0 Å². The summed E-state index contributed by atoms with van der Waals surface area (Å²) in [5, 5.41) is 3.10. The first-order valence-corrected chi connectivity index (χ1v) is 7.35. The second-order valence-corrected chi connectivity index (χ2v) is 5.38. The average Bonchev–Trinajstić information content (AvgIpc) is 2.68. The molecule has 3 amide bonds. The van der Waals surface area contributed by atoms with Crippen molar-refractivity contribution in [3.63, 3.8) is 0 Å².